The van der Waals surface area contributed by atoms with Crippen LogP contribution in [0.4, 0.5) is 11.4 Å². The number of anilines is 1. The molecule has 502 valence electrons. The summed E-state index contributed by atoms with van der Waals surface area (Å²) >= 11 is 0. The number of hydrogen-bond acceptors (Lipinski definition) is 19. The van der Waals surface area contributed by atoms with Gasteiger partial charge in [0.05, 0.1) is 113 Å². The molecular weight excluding hydrogens is 1230 g/mol. The molecule has 0 aromatic heterocycles. The lowest BCUT2D eigenvalue weighted by atomic mass is 9.75. The molecule has 1 unspecified atom stereocenters. The first-order valence-electron chi connectivity index (χ1n) is 30.4. The predicted molar refractivity (Wildman–Crippen MR) is 339 cm³/mol. The van der Waals surface area contributed by atoms with Crippen LogP contribution in [0.3, 0.4) is 0 Å². The van der Waals surface area contributed by atoms with Crippen LogP contribution in [0.2, 0.25) is 0 Å². The molecule has 90 heavy (non-hydrogen) atoms. The van der Waals surface area contributed by atoms with Crippen molar-refractivity contribution < 1.29 is 101 Å². The largest absolute Gasteiger partial charge is 0.460 e. The lowest BCUT2D eigenvalue weighted by Crippen LogP contribution is -2.52. The molecule has 0 spiro atoms. The van der Waals surface area contributed by atoms with E-state index in [1.165, 1.54) is 18.2 Å². The van der Waals surface area contributed by atoms with Gasteiger partial charge in [0.15, 0.2) is 5.71 Å². The van der Waals surface area contributed by atoms with Crippen LogP contribution in [0.25, 0.3) is 11.1 Å². The number of ether oxygens (including phenoxy) is 9. The Morgan fingerprint density at radius 2 is 1.30 bits per heavy atom. The standard InChI is InChI=1S/C63H91N3O21S3/c1-48-47-63(22-27-80-33-35-84-39-37-82-31-29-78-6,23-28-81-34-36-85-40-38-83-32-30-79-7)65(25-14-42-89(72,73)74)55-46-56-52(45-51(48)55)49(43-58(86-56)61(2,3)4)15-9-8-10-16-57-62(5,21-11-18-60(68)87-66-26-12-17-59(66)67)53-44-50(90(75,76)77)19-20-54(53)64(57)24-13-41-88(69,70)71/h8-10,15-16,19-20,43-47H,11-14,17-18,21-42H2,1-7H3,(H2-,69,70,71,72,73,74,75,76,77)/p+1. The second-order valence-electron chi connectivity index (χ2n) is 23.6. The van der Waals surface area contributed by atoms with Gasteiger partial charge >= 0.3 is 5.97 Å². The van der Waals surface area contributed by atoms with E-state index in [0.29, 0.717) is 147 Å². The van der Waals surface area contributed by atoms with Gasteiger partial charge in [0, 0.05) is 99.2 Å². The number of methoxy groups -OCH3 is 2. The quantitative estimate of drug-likeness (QED) is 0.0248. The number of hydrogen-bond donors (Lipinski definition) is 3. The van der Waals surface area contributed by atoms with Gasteiger partial charge in [-0.1, -0.05) is 51.2 Å². The van der Waals surface area contributed by atoms with E-state index in [1.54, 1.807) is 20.3 Å². The molecule has 1 amide bonds. The van der Waals surface area contributed by atoms with Crippen LogP contribution in [0, 0.1) is 5.41 Å². The maximum Gasteiger partial charge on any atom is 0.332 e. The fourth-order valence-corrected chi connectivity index (χ4v) is 12.7. The highest BCUT2D eigenvalue weighted by Crippen LogP contribution is 2.50. The molecule has 4 aliphatic heterocycles. The number of amides is 1. The van der Waals surface area contributed by atoms with Gasteiger partial charge in [-0.05, 0) is 87.8 Å². The molecule has 2 aromatic rings. The van der Waals surface area contributed by atoms with Crippen molar-refractivity contribution in [2.45, 2.75) is 108 Å². The molecular formula is C63H92N3O21S3+. The van der Waals surface area contributed by atoms with Crippen molar-refractivity contribution in [1.82, 2.24) is 5.06 Å². The minimum absolute atomic E-state index is 0.00875. The van der Waals surface area contributed by atoms with Crippen molar-refractivity contribution in [1.29, 1.82) is 0 Å². The van der Waals surface area contributed by atoms with Gasteiger partial charge in [-0.15, -0.1) is 0 Å². The first-order chi connectivity index (χ1) is 42.7. The van der Waals surface area contributed by atoms with Crippen molar-refractivity contribution in [3.05, 3.63) is 95.3 Å². The van der Waals surface area contributed by atoms with Crippen LogP contribution in [0.15, 0.2) is 83.5 Å². The fraction of sp³-hybridized carbons (Fsp3) is 0.603. The van der Waals surface area contributed by atoms with E-state index in [9.17, 15) is 48.5 Å². The average molecular weight is 1320 g/mol. The SMILES string of the molecule is COCCOCCOCCOCCC1(CCOCCOCCOCCOC)C=C(C)c2cc3c(cc2N1CCCS(=O)(=O)O)OC(C(C)(C)C)=CC3=CC=CC=CC1=[N+](CCCS(=O)(=O)O)c2ccc(S(=O)(=O)O)cc2C1(C)CCCC(=O)ON1CCCC1=O. The van der Waals surface area contributed by atoms with Gasteiger partial charge in [0.25, 0.3) is 36.3 Å². The summed E-state index contributed by atoms with van der Waals surface area (Å²) in [6, 6.07) is 8.20. The van der Waals surface area contributed by atoms with Crippen molar-refractivity contribution in [3.8, 4) is 5.75 Å². The first-order valence-corrected chi connectivity index (χ1v) is 35.1. The zero-order chi connectivity index (χ0) is 65.6. The molecule has 0 bridgehead atoms. The van der Waals surface area contributed by atoms with E-state index < -0.39 is 64.2 Å². The lowest BCUT2D eigenvalue weighted by molar-refractivity contribution is -0.437. The van der Waals surface area contributed by atoms with Crippen LogP contribution < -0.4 is 9.64 Å². The molecule has 1 saturated heterocycles. The Morgan fingerprint density at radius 1 is 0.722 bits per heavy atom. The van der Waals surface area contributed by atoms with E-state index in [1.807, 2.05) is 75.6 Å². The summed E-state index contributed by atoms with van der Waals surface area (Å²) in [6.45, 7) is 16.1. The second kappa shape index (κ2) is 34.6. The van der Waals surface area contributed by atoms with Crippen LogP contribution in [-0.2, 0) is 88.1 Å². The Hall–Kier alpha value is -5.24. The molecule has 0 saturated carbocycles. The third-order valence-electron chi connectivity index (χ3n) is 15.7. The van der Waals surface area contributed by atoms with Crippen LogP contribution in [0.1, 0.15) is 109 Å². The van der Waals surface area contributed by atoms with Gasteiger partial charge in [-0.2, -0.15) is 34.9 Å². The number of allylic oxidation sites excluding steroid dienone is 9. The molecule has 1 atom stereocenters. The van der Waals surface area contributed by atoms with Gasteiger partial charge in [-0.25, -0.2) is 4.79 Å². The molecule has 24 nitrogen and oxygen atoms in total. The van der Waals surface area contributed by atoms with Crippen LogP contribution in [0.5, 0.6) is 5.75 Å². The van der Waals surface area contributed by atoms with Gasteiger partial charge in [0.1, 0.15) is 18.1 Å². The number of carbonyl (C=O) groups excluding carboxylic acids is 2. The molecule has 1 fully saturated rings. The molecule has 6 rings (SSSR count). The van der Waals surface area contributed by atoms with Crippen molar-refractivity contribution in [2.75, 3.05) is 143 Å². The molecule has 4 heterocycles. The average Bonchev–Trinajstić information content (AvgIpc) is 1.29. The molecule has 3 N–H and O–H groups in total. The number of fused-ring (bicyclic) bond motifs is 3. The summed E-state index contributed by atoms with van der Waals surface area (Å²) in [6.07, 6.45) is 15.6. The van der Waals surface area contributed by atoms with E-state index in [2.05, 4.69) is 17.0 Å². The minimum atomic E-state index is -4.67. The molecule has 0 aliphatic carbocycles. The summed E-state index contributed by atoms with van der Waals surface area (Å²) in [5.41, 5.74) is 3.54. The first kappa shape index (κ1) is 73.8. The molecule has 2 aromatic carbocycles. The van der Waals surface area contributed by atoms with Crippen molar-refractivity contribution >= 4 is 70.5 Å². The monoisotopic (exact) mass is 1320 g/mol. The van der Waals surface area contributed by atoms with E-state index >= 15 is 0 Å². The van der Waals surface area contributed by atoms with Crippen LogP contribution in [-0.4, -0.2) is 210 Å². The lowest BCUT2D eigenvalue weighted by Gasteiger charge is -2.48. The summed E-state index contributed by atoms with van der Waals surface area (Å²) in [5.74, 6) is -0.707. The highest BCUT2D eigenvalue weighted by atomic mass is 32.2. The van der Waals surface area contributed by atoms with E-state index in [-0.39, 0.29) is 62.4 Å². The number of carbonyl (C=O) groups is 2. The number of hydroxylamine groups is 2. The number of rotatable bonds is 41. The van der Waals surface area contributed by atoms with Crippen molar-refractivity contribution in [2.24, 2.45) is 5.41 Å². The zero-order valence-corrected chi connectivity index (χ0v) is 55.4. The Bertz CT molecular complexity index is 3270. The smallest absolute Gasteiger partial charge is 0.332 e. The molecule has 0 radical (unpaired) electrons. The minimum Gasteiger partial charge on any atom is -0.460 e. The normalized spacial score (nSPS) is 18.2. The Balaban J connectivity index is 1.34. The summed E-state index contributed by atoms with van der Waals surface area (Å²) in [7, 11) is -10.1. The maximum absolute atomic E-state index is 13.0. The second-order valence-corrected chi connectivity index (χ2v) is 28.1. The van der Waals surface area contributed by atoms with Gasteiger partial charge < -0.3 is 52.4 Å². The zero-order valence-electron chi connectivity index (χ0n) is 53.0. The third kappa shape index (κ3) is 22.2. The highest BCUT2D eigenvalue weighted by Gasteiger charge is 2.48. The van der Waals surface area contributed by atoms with E-state index in [4.69, 9.17) is 47.5 Å². The van der Waals surface area contributed by atoms with E-state index in [0.717, 1.165) is 33.0 Å². The predicted octanol–water partition coefficient (Wildman–Crippen LogP) is 7.75. The summed E-state index contributed by atoms with van der Waals surface area (Å²) in [4.78, 5) is 32.4. The summed E-state index contributed by atoms with van der Waals surface area (Å²) < 4.78 is 157. The topological polar surface area (TPSA) is 299 Å². The molecule has 27 heteroatoms. The highest BCUT2D eigenvalue weighted by molar-refractivity contribution is 7.86. The van der Waals surface area contributed by atoms with Crippen molar-refractivity contribution in [3.63, 3.8) is 0 Å². The fourth-order valence-electron chi connectivity index (χ4n) is 11.2. The number of nitrogens with zero attached hydrogens (tertiary/aromatic N) is 3. The van der Waals surface area contributed by atoms with Gasteiger partial charge in [0.2, 0.25) is 5.69 Å². The Labute approximate surface area is 531 Å². The Kier molecular flexibility index (Phi) is 28.4. The Morgan fingerprint density at radius 3 is 1.84 bits per heavy atom. The van der Waals surface area contributed by atoms with Crippen LogP contribution >= 0.6 is 0 Å². The third-order valence-corrected chi connectivity index (χ3v) is 18.2. The molecule has 4 aliphatic rings. The van der Waals surface area contributed by atoms with Gasteiger partial charge in [-0.3, -0.25) is 18.5 Å². The maximum atomic E-state index is 13.0. The number of benzene rings is 2. The summed E-state index contributed by atoms with van der Waals surface area (Å²) in [5, 5.41) is 1.06.